The molecule has 3 aliphatic rings. The molecule has 3 fully saturated rings. The van der Waals surface area contributed by atoms with E-state index >= 15 is 0 Å². The third-order valence-corrected chi connectivity index (χ3v) is 11.2. The van der Waals surface area contributed by atoms with Crippen LogP contribution in [0.25, 0.3) is 0 Å². The summed E-state index contributed by atoms with van der Waals surface area (Å²) in [7, 11) is 0. The van der Waals surface area contributed by atoms with Gasteiger partial charge in [-0.1, -0.05) is 46.3 Å². The predicted molar refractivity (Wildman–Crippen MR) is 155 cm³/mol. The highest BCUT2D eigenvalue weighted by Gasteiger charge is 2.77. The minimum Gasteiger partial charge on any atom is -0.394 e. The molecule has 38 heavy (non-hydrogen) atoms. The van der Waals surface area contributed by atoms with E-state index in [4.69, 9.17) is 0 Å². The first kappa shape index (κ1) is 30.7. The number of nitrogens with zero attached hydrogens (tertiary/aromatic N) is 3. The number of carbonyl (C=O) groups excluding carboxylic acids is 3. The number of hydrogen-bond donors (Lipinski definition) is 1. The Kier molecular flexibility index (Phi) is 9.50. The van der Waals surface area contributed by atoms with Gasteiger partial charge in [-0.25, -0.2) is 0 Å². The zero-order valence-corrected chi connectivity index (χ0v) is 25.3. The molecule has 0 saturated carbocycles. The molecule has 2 bridgehead atoms. The highest BCUT2D eigenvalue weighted by molar-refractivity contribution is 8.02. The fourth-order valence-electron chi connectivity index (χ4n) is 7.09. The van der Waals surface area contributed by atoms with Crippen molar-refractivity contribution in [2.75, 3.05) is 26.2 Å². The van der Waals surface area contributed by atoms with Crippen molar-refractivity contribution >= 4 is 29.5 Å². The Bertz CT molecular complexity index is 933. The molecule has 214 valence electrons. The normalized spacial score (nSPS) is 31.6. The summed E-state index contributed by atoms with van der Waals surface area (Å²) in [4.78, 5) is 48.6. The van der Waals surface area contributed by atoms with Gasteiger partial charge in [0.1, 0.15) is 6.04 Å². The van der Waals surface area contributed by atoms with Crippen LogP contribution in [0.1, 0.15) is 67.7 Å². The number of carbonyl (C=O) groups is 3. The van der Waals surface area contributed by atoms with Crippen molar-refractivity contribution in [3.63, 3.8) is 0 Å². The fourth-order valence-corrected chi connectivity index (χ4v) is 9.49. The lowest BCUT2D eigenvalue weighted by Gasteiger charge is -2.45. The van der Waals surface area contributed by atoms with E-state index in [9.17, 15) is 19.5 Å². The Morgan fingerprint density at radius 3 is 2.34 bits per heavy atom. The molecular weight excluding hydrogens is 498 g/mol. The van der Waals surface area contributed by atoms with Crippen LogP contribution < -0.4 is 0 Å². The van der Waals surface area contributed by atoms with Gasteiger partial charge in [-0.05, 0) is 45.4 Å². The molecular formula is C30H49N3O4S. The molecule has 3 unspecified atom stereocenters. The summed E-state index contributed by atoms with van der Waals surface area (Å²) in [5.74, 6) is -1.25. The zero-order valence-electron chi connectivity index (χ0n) is 24.5. The number of hydrogen-bond acceptors (Lipinski definition) is 5. The van der Waals surface area contributed by atoms with Gasteiger partial charge in [-0.3, -0.25) is 14.4 Å². The maximum Gasteiger partial charge on any atom is 0.247 e. The van der Waals surface area contributed by atoms with Gasteiger partial charge in [-0.2, -0.15) is 0 Å². The van der Waals surface area contributed by atoms with Crippen LogP contribution in [0.15, 0.2) is 25.3 Å². The average molecular weight is 548 g/mol. The molecule has 3 saturated heterocycles. The van der Waals surface area contributed by atoms with Gasteiger partial charge in [0.2, 0.25) is 17.7 Å². The highest BCUT2D eigenvalue weighted by Crippen LogP contribution is 2.69. The molecule has 0 aromatic carbocycles. The van der Waals surface area contributed by atoms with Crippen LogP contribution in [-0.4, -0.2) is 91.4 Å². The van der Waals surface area contributed by atoms with E-state index in [0.29, 0.717) is 19.6 Å². The number of thioether (sulfide) groups is 1. The number of likely N-dealkylation sites (tertiary alicyclic amines) is 1. The second kappa shape index (κ2) is 11.7. The summed E-state index contributed by atoms with van der Waals surface area (Å²) in [5.41, 5.74) is -0.485. The quantitative estimate of drug-likeness (QED) is 0.374. The van der Waals surface area contributed by atoms with Crippen molar-refractivity contribution in [2.24, 2.45) is 23.7 Å². The van der Waals surface area contributed by atoms with Crippen molar-refractivity contribution in [3.8, 4) is 0 Å². The summed E-state index contributed by atoms with van der Waals surface area (Å²) in [6.45, 7) is 23.2. The van der Waals surface area contributed by atoms with Gasteiger partial charge >= 0.3 is 0 Å². The third kappa shape index (κ3) is 4.85. The highest BCUT2D eigenvalue weighted by atomic mass is 32.2. The monoisotopic (exact) mass is 547 g/mol. The first-order valence-corrected chi connectivity index (χ1v) is 15.2. The molecule has 1 spiro atoms. The lowest BCUT2D eigenvalue weighted by Crippen LogP contribution is -2.62. The zero-order chi connectivity index (χ0) is 28.6. The van der Waals surface area contributed by atoms with Crippen molar-refractivity contribution in [1.29, 1.82) is 0 Å². The van der Waals surface area contributed by atoms with Crippen LogP contribution in [0.5, 0.6) is 0 Å². The van der Waals surface area contributed by atoms with Crippen LogP contribution >= 0.6 is 11.8 Å². The van der Waals surface area contributed by atoms with E-state index in [2.05, 4.69) is 20.1 Å². The number of aliphatic hydroxyl groups is 1. The van der Waals surface area contributed by atoms with E-state index < -0.39 is 34.2 Å². The van der Waals surface area contributed by atoms with Gasteiger partial charge in [0.25, 0.3) is 0 Å². The molecule has 3 heterocycles. The molecule has 3 aliphatic heterocycles. The molecule has 0 aromatic heterocycles. The average Bonchev–Trinajstić information content (AvgIpc) is 3.45. The second-order valence-corrected chi connectivity index (χ2v) is 14.0. The Balaban J connectivity index is 2.20. The van der Waals surface area contributed by atoms with Gasteiger partial charge in [0.05, 0.1) is 29.2 Å². The predicted octanol–water partition coefficient (Wildman–Crippen LogP) is 3.97. The first-order chi connectivity index (χ1) is 17.9. The molecule has 7 nitrogen and oxygen atoms in total. The summed E-state index contributed by atoms with van der Waals surface area (Å²) in [5, 5.41) is 10.6. The topological polar surface area (TPSA) is 81.2 Å². The van der Waals surface area contributed by atoms with E-state index in [1.54, 1.807) is 28.8 Å². The maximum absolute atomic E-state index is 14.6. The van der Waals surface area contributed by atoms with Crippen molar-refractivity contribution in [3.05, 3.63) is 25.3 Å². The van der Waals surface area contributed by atoms with Crippen molar-refractivity contribution in [1.82, 2.24) is 14.7 Å². The van der Waals surface area contributed by atoms with Crippen LogP contribution in [0.4, 0.5) is 0 Å². The Morgan fingerprint density at radius 2 is 1.84 bits per heavy atom. The number of amides is 3. The lowest BCUT2D eigenvalue weighted by atomic mass is 9.65. The maximum atomic E-state index is 14.6. The molecule has 0 aliphatic carbocycles. The number of aliphatic hydroxyl groups excluding tert-OH is 1. The molecule has 8 atom stereocenters. The molecule has 0 radical (unpaired) electrons. The Hall–Kier alpha value is -1.80. The lowest BCUT2D eigenvalue weighted by molar-refractivity contribution is -0.150. The van der Waals surface area contributed by atoms with Gasteiger partial charge in [-0.15, -0.1) is 24.9 Å². The standard InChI is InChI=1S/C30H49N3O4S/c1-10-14-31(15-11-2)26(35)23-22-17-20(6)30(38-22)24(23)27(36)33(21(18-34)19(5)13-4)25(30)28(37)32(16-12-3)29(7,8)9/h10,12,19-25,34H,1,3,11,13-18H2,2,4-9H3/t19-,20?,21-,22+,23-,24-,25?,30?/m0/s1. The third-order valence-electron chi connectivity index (χ3n) is 9.09. The molecule has 8 heteroatoms. The van der Waals surface area contributed by atoms with E-state index in [1.807, 2.05) is 51.3 Å². The van der Waals surface area contributed by atoms with Crippen LogP contribution in [0.3, 0.4) is 0 Å². The molecule has 0 aromatic rings. The van der Waals surface area contributed by atoms with E-state index in [0.717, 1.165) is 19.3 Å². The SMILES string of the molecule is C=CCN(CCC)C(=O)[C@@H]1[C@H]2C(=O)N([C@@H](CO)[C@@H](C)CC)C(C(=O)N(CC=C)C(C)(C)C)C23S[C@@H]1CC3C. The van der Waals surface area contributed by atoms with Crippen molar-refractivity contribution < 1.29 is 19.5 Å². The second-order valence-electron chi connectivity index (χ2n) is 12.4. The minimum absolute atomic E-state index is 0.000908. The first-order valence-electron chi connectivity index (χ1n) is 14.3. The van der Waals surface area contributed by atoms with Crippen molar-refractivity contribution in [2.45, 2.75) is 95.3 Å². The molecule has 3 rings (SSSR count). The summed E-state index contributed by atoms with van der Waals surface area (Å²) in [6.07, 6.45) is 5.84. The summed E-state index contributed by atoms with van der Waals surface area (Å²) >= 11 is 1.69. The van der Waals surface area contributed by atoms with Crippen LogP contribution in [0.2, 0.25) is 0 Å². The molecule has 3 amide bonds. The van der Waals surface area contributed by atoms with Gasteiger partial charge < -0.3 is 19.8 Å². The Labute approximate surface area is 234 Å². The fraction of sp³-hybridized carbons (Fsp3) is 0.767. The Morgan fingerprint density at radius 1 is 1.21 bits per heavy atom. The van der Waals surface area contributed by atoms with Crippen LogP contribution in [0, 0.1) is 23.7 Å². The largest absolute Gasteiger partial charge is 0.394 e. The molecule has 1 N–H and O–H groups in total. The summed E-state index contributed by atoms with van der Waals surface area (Å²) < 4.78 is -0.712. The van der Waals surface area contributed by atoms with Gasteiger partial charge in [0, 0.05) is 30.4 Å². The van der Waals surface area contributed by atoms with Crippen LogP contribution in [-0.2, 0) is 14.4 Å². The summed E-state index contributed by atoms with van der Waals surface area (Å²) in [6, 6.07) is -1.23. The number of rotatable bonds is 12. The van der Waals surface area contributed by atoms with E-state index in [-0.39, 0.29) is 41.4 Å². The minimum atomic E-state index is -0.743. The van der Waals surface area contributed by atoms with E-state index in [1.165, 1.54) is 0 Å². The number of fused-ring (bicyclic) bond motifs is 1. The smallest absolute Gasteiger partial charge is 0.247 e. The van der Waals surface area contributed by atoms with Gasteiger partial charge in [0.15, 0.2) is 0 Å².